The molecule has 1 saturated heterocycles. The number of benzene rings is 1. The van der Waals surface area contributed by atoms with Crippen molar-refractivity contribution >= 4 is 23.6 Å². The molecule has 26 heavy (non-hydrogen) atoms. The Morgan fingerprint density at radius 2 is 2.04 bits per heavy atom. The molecule has 2 atom stereocenters. The molecule has 2 fully saturated rings. The van der Waals surface area contributed by atoms with Crippen molar-refractivity contribution in [1.29, 1.82) is 0 Å². The van der Waals surface area contributed by atoms with Gasteiger partial charge in [0.05, 0.1) is 5.37 Å². The molecule has 1 aliphatic heterocycles. The molecule has 1 aliphatic carbocycles. The van der Waals surface area contributed by atoms with Gasteiger partial charge in [0, 0.05) is 17.9 Å². The first-order valence-electron chi connectivity index (χ1n) is 9.59. The number of carbonyl (C=O) groups is 2. The molecule has 6 heteroatoms. The quantitative estimate of drug-likeness (QED) is 0.847. The van der Waals surface area contributed by atoms with Crippen molar-refractivity contribution in [3.8, 4) is 0 Å². The van der Waals surface area contributed by atoms with E-state index in [0.717, 1.165) is 19.3 Å². The first kappa shape index (κ1) is 19.2. The molecule has 2 amide bonds. The third-order valence-electron chi connectivity index (χ3n) is 5.25. The Hall–Kier alpha value is -1.56. The molecule has 1 N–H and O–H groups in total. The summed E-state index contributed by atoms with van der Waals surface area (Å²) in [5.74, 6) is 0.265. The predicted octanol–water partition coefficient (Wildman–Crippen LogP) is 3.82. The molecule has 0 bridgehead atoms. The SMILES string of the molecule is CCCNC(=O)[C@H]1CS[C@H](C2CCCCC2)N1C(=O)c1cccc(F)c1. The summed E-state index contributed by atoms with van der Waals surface area (Å²) >= 11 is 1.70. The van der Waals surface area contributed by atoms with E-state index in [1.54, 1.807) is 28.8 Å². The maximum Gasteiger partial charge on any atom is 0.255 e. The monoisotopic (exact) mass is 378 g/mol. The number of nitrogens with zero attached hydrogens (tertiary/aromatic N) is 1. The van der Waals surface area contributed by atoms with Crippen LogP contribution in [0.3, 0.4) is 0 Å². The van der Waals surface area contributed by atoms with E-state index in [1.165, 1.54) is 31.4 Å². The van der Waals surface area contributed by atoms with Gasteiger partial charge in [0.2, 0.25) is 5.91 Å². The average molecular weight is 379 g/mol. The molecule has 142 valence electrons. The summed E-state index contributed by atoms with van der Waals surface area (Å²) in [6.07, 6.45) is 6.64. The maximum atomic E-state index is 13.6. The van der Waals surface area contributed by atoms with Gasteiger partial charge in [-0.15, -0.1) is 11.8 Å². The minimum absolute atomic E-state index is 0.00319. The van der Waals surface area contributed by atoms with Gasteiger partial charge in [-0.25, -0.2) is 4.39 Å². The second-order valence-electron chi connectivity index (χ2n) is 7.15. The fraction of sp³-hybridized carbons (Fsp3) is 0.600. The Bertz CT molecular complexity index is 648. The van der Waals surface area contributed by atoms with Gasteiger partial charge in [0.15, 0.2) is 0 Å². The molecule has 1 aromatic rings. The fourth-order valence-corrected chi connectivity index (χ4v) is 5.54. The summed E-state index contributed by atoms with van der Waals surface area (Å²) in [5, 5.41) is 2.93. The lowest BCUT2D eigenvalue weighted by atomic mass is 9.88. The van der Waals surface area contributed by atoms with Crippen LogP contribution in [0.1, 0.15) is 55.8 Å². The van der Waals surface area contributed by atoms with E-state index >= 15 is 0 Å². The normalized spacial score (nSPS) is 23.8. The van der Waals surface area contributed by atoms with Crippen LogP contribution in [0.5, 0.6) is 0 Å². The van der Waals surface area contributed by atoms with Crippen LogP contribution in [-0.4, -0.2) is 40.4 Å². The highest BCUT2D eigenvalue weighted by Crippen LogP contribution is 2.41. The van der Waals surface area contributed by atoms with Gasteiger partial charge < -0.3 is 10.2 Å². The molecule has 4 nitrogen and oxygen atoms in total. The van der Waals surface area contributed by atoms with Crippen LogP contribution in [0.15, 0.2) is 24.3 Å². The van der Waals surface area contributed by atoms with E-state index < -0.39 is 11.9 Å². The van der Waals surface area contributed by atoms with Crippen LogP contribution >= 0.6 is 11.8 Å². The van der Waals surface area contributed by atoms with Gasteiger partial charge in [-0.3, -0.25) is 9.59 Å². The Labute approximate surface area is 158 Å². The van der Waals surface area contributed by atoms with Crippen molar-refractivity contribution in [1.82, 2.24) is 10.2 Å². The van der Waals surface area contributed by atoms with E-state index in [9.17, 15) is 14.0 Å². The molecule has 0 aromatic heterocycles. The number of nitrogens with one attached hydrogen (secondary N) is 1. The third kappa shape index (κ3) is 4.22. The van der Waals surface area contributed by atoms with Gasteiger partial charge in [0.1, 0.15) is 11.9 Å². The van der Waals surface area contributed by atoms with Crippen molar-refractivity contribution < 1.29 is 14.0 Å². The minimum atomic E-state index is -0.478. The van der Waals surface area contributed by atoms with Gasteiger partial charge in [-0.1, -0.05) is 32.3 Å². The average Bonchev–Trinajstić information content (AvgIpc) is 3.11. The Morgan fingerprint density at radius 3 is 2.73 bits per heavy atom. The molecule has 0 radical (unpaired) electrons. The maximum absolute atomic E-state index is 13.6. The highest BCUT2D eigenvalue weighted by atomic mass is 32.2. The Kier molecular flexibility index (Phi) is 6.57. The zero-order valence-corrected chi connectivity index (χ0v) is 16.1. The number of carbonyl (C=O) groups excluding carboxylic acids is 2. The van der Waals surface area contributed by atoms with E-state index in [1.807, 2.05) is 6.92 Å². The summed E-state index contributed by atoms with van der Waals surface area (Å²) in [4.78, 5) is 27.6. The van der Waals surface area contributed by atoms with Crippen LogP contribution in [0.25, 0.3) is 0 Å². The third-order valence-corrected chi connectivity index (χ3v) is 6.71. The van der Waals surface area contributed by atoms with Crippen LogP contribution in [0.4, 0.5) is 4.39 Å². The lowest BCUT2D eigenvalue weighted by molar-refractivity contribution is -0.125. The van der Waals surface area contributed by atoms with Gasteiger partial charge in [-0.05, 0) is 43.4 Å². The number of amides is 2. The molecular weight excluding hydrogens is 351 g/mol. The molecule has 1 aromatic carbocycles. The molecule has 3 rings (SSSR count). The van der Waals surface area contributed by atoms with Gasteiger partial charge in [-0.2, -0.15) is 0 Å². The topological polar surface area (TPSA) is 49.4 Å². The number of halogens is 1. The Balaban J connectivity index is 1.85. The fourth-order valence-electron chi connectivity index (χ4n) is 3.91. The minimum Gasteiger partial charge on any atom is -0.354 e. The number of hydrogen-bond donors (Lipinski definition) is 1. The van der Waals surface area contributed by atoms with Crippen molar-refractivity contribution in [2.75, 3.05) is 12.3 Å². The summed E-state index contributed by atoms with van der Waals surface area (Å²) < 4.78 is 13.6. The van der Waals surface area contributed by atoms with Crippen LogP contribution in [-0.2, 0) is 4.79 Å². The number of rotatable bonds is 5. The predicted molar refractivity (Wildman–Crippen MR) is 102 cm³/mol. The van der Waals surface area contributed by atoms with E-state index in [4.69, 9.17) is 0 Å². The molecule has 1 saturated carbocycles. The van der Waals surface area contributed by atoms with Crippen LogP contribution in [0.2, 0.25) is 0 Å². The molecule has 0 spiro atoms. The van der Waals surface area contributed by atoms with E-state index in [2.05, 4.69) is 5.32 Å². The second kappa shape index (κ2) is 8.89. The second-order valence-corrected chi connectivity index (χ2v) is 8.30. The zero-order chi connectivity index (χ0) is 18.5. The van der Waals surface area contributed by atoms with Crippen molar-refractivity contribution in [3.63, 3.8) is 0 Å². The summed E-state index contributed by atoms with van der Waals surface area (Å²) in [6.45, 7) is 2.61. The highest BCUT2D eigenvalue weighted by Gasteiger charge is 2.45. The summed E-state index contributed by atoms with van der Waals surface area (Å²) in [6, 6.07) is 5.30. The van der Waals surface area contributed by atoms with Crippen LogP contribution in [0, 0.1) is 11.7 Å². The van der Waals surface area contributed by atoms with Crippen molar-refractivity contribution in [2.45, 2.75) is 56.9 Å². The summed E-state index contributed by atoms with van der Waals surface area (Å²) in [7, 11) is 0. The Morgan fingerprint density at radius 1 is 1.27 bits per heavy atom. The lowest BCUT2D eigenvalue weighted by Crippen LogP contribution is -2.51. The van der Waals surface area contributed by atoms with E-state index in [-0.39, 0.29) is 17.2 Å². The molecule has 2 aliphatic rings. The van der Waals surface area contributed by atoms with Crippen molar-refractivity contribution in [2.24, 2.45) is 5.92 Å². The van der Waals surface area contributed by atoms with Crippen LogP contribution < -0.4 is 5.32 Å². The largest absolute Gasteiger partial charge is 0.354 e. The van der Waals surface area contributed by atoms with E-state index in [0.29, 0.717) is 23.8 Å². The molecule has 1 heterocycles. The van der Waals surface area contributed by atoms with Gasteiger partial charge in [0.25, 0.3) is 5.91 Å². The first-order chi connectivity index (χ1) is 12.6. The van der Waals surface area contributed by atoms with Gasteiger partial charge >= 0.3 is 0 Å². The lowest BCUT2D eigenvalue weighted by Gasteiger charge is -2.35. The smallest absolute Gasteiger partial charge is 0.255 e. The number of thioether (sulfide) groups is 1. The summed E-state index contributed by atoms with van der Waals surface area (Å²) in [5.41, 5.74) is 0.321. The molecule has 0 unspecified atom stereocenters. The zero-order valence-electron chi connectivity index (χ0n) is 15.2. The first-order valence-corrected chi connectivity index (χ1v) is 10.6. The molecular formula is C20H27FN2O2S. The standard InChI is InChI=1S/C20H27FN2O2S/c1-2-11-22-18(24)17-13-26-20(14-7-4-3-5-8-14)23(17)19(25)15-9-6-10-16(21)12-15/h6,9-10,12,14,17,20H,2-5,7-8,11,13H2,1H3,(H,22,24)/t17-,20-/m1/s1. The highest BCUT2D eigenvalue weighted by molar-refractivity contribution is 8.00. The van der Waals surface area contributed by atoms with Crippen molar-refractivity contribution in [3.05, 3.63) is 35.6 Å². The number of hydrogen-bond acceptors (Lipinski definition) is 3.